The minimum atomic E-state index is -4.36. The molecule has 0 spiro atoms. The summed E-state index contributed by atoms with van der Waals surface area (Å²) < 4.78 is 39.2. The van der Waals surface area contributed by atoms with Crippen LogP contribution in [0, 0.1) is 6.92 Å². The first-order valence-corrected chi connectivity index (χ1v) is 7.70. The maximum absolute atomic E-state index is 12.7. The molecule has 0 aliphatic carbocycles. The molecule has 1 aliphatic rings. The van der Waals surface area contributed by atoms with Crippen LogP contribution in [-0.2, 0) is 13.2 Å². The quantitative estimate of drug-likeness (QED) is 0.769. The van der Waals surface area contributed by atoms with E-state index in [9.17, 15) is 18.0 Å². The van der Waals surface area contributed by atoms with Crippen molar-refractivity contribution in [1.29, 1.82) is 0 Å². The standard InChI is InChI=1S/C16H18F3N5O/c1-8-13(14(20)15(25)24(2)23-8)12-7-11(21-22-12)9-3-5-10(6-4-9)16(17,18)19/h3-6,11-12,21-22H,7,20H2,1-2H3. The zero-order valence-corrected chi connectivity index (χ0v) is 13.7. The third-order valence-corrected chi connectivity index (χ3v) is 4.40. The summed E-state index contributed by atoms with van der Waals surface area (Å²) in [6.07, 6.45) is -3.82. The van der Waals surface area contributed by atoms with E-state index >= 15 is 0 Å². The number of benzene rings is 1. The average molecular weight is 353 g/mol. The van der Waals surface area contributed by atoms with Crippen LogP contribution in [-0.4, -0.2) is 9.78 Å². The molecule has 1 saturated heterocycles. The molecule has 2 atom stereocenters. The first-order valence-electron chi connectivity index (χ1n) is 7.70. The molecule has 1 aromatic carbocycles. The number of rotatable bonds is 2. The minimum Gasteiger partial charge on any atom is -0.394 e. The number of hydrazine groups is 1. The van der Waals surface area contributed by atoms with Gasteiger partial charge in [0.05, 0.1) is 17.3 Å². The fourth-order valence-electron chi connectivity index (χ4n) is 3.12. The number of aromatic nitrogens is 2. The summed E-state index contributed by atoms with van der Waals surface area (Å²) in [5, 5.41) is 4.15. The van der Waals surface area contributed by atoms with Gasteiger partial charge >= 0.3 is 6.18 Å². The van der Waals surface area contributed by atoms with E-state index in [0.717, 1.165) is 17.7 Å². The summed E-state index contributed by atoms with van der Waals surface area (Å²) in [6, 6.07) is 4.56. The van der Waals surface area contributed by atoms with Crippen molar-refractivity contribution >= 4 is 5.69 Å². The van der Waals surface area contributed by atoms with Gasteiger partial charge in [0.1, 0.15) is 5.69 Å². The highest BCUT2D eigenvalue weighted by Gasteiger charge is 2.32. The summed E-state index contributed by atoms with van der Waals surface area (Å²) in [4.78, 5) is 12.0. The number of anilines is 1. The van der Waals surface area contributed by atoms with Crippen LogP contribution in [0.25, 0.3) is 0 Å². The van der Waals surface area contributed by atoms with Gasteiger partial charge in [-0.25, -0.2) is 15.5 Å². The van der Waals surface area contributed by atoms with Crippen LogP contribution in [0.1, 0.15) is 40.9 Å². The Labute approximate surface area is 141 Å². The molecule has 0 saturated carbocycles. The van der Waals surface area contributed by atoms with E-state index in [4.69, 9.17) is 5.73 Å². The maximum atomic E-state index is 12.7. The van der Waals surface area contributed by atoms with Gasteiger partial charge < -0.3 is 5.73 Å². The second-order valence-electron chi connectivity index (χ2n) is 6.09. The summed E-state index contributed by atoms with van der Waals surface area (Å²) in [7, 11) is 1.53. The molecular formula is C16H18F3N5O. The van der Waals surface area contributed by atoms with Crippen molar-refractivity contribution in [3.63, 3.8) is 0 Å². The van der Waals surface area contributed by atoms with E-state index in [0.29, 0.717) is 17.7 Å². The molecule has 9 heteroatoms. The normalized spacial score (nSPS) is 20.8. The Balaban J connectivity index is 1.83. The van der Waals surface area contributed by atoms with Gasteiger partial charge in [0.25, 0.3) is 5.56 Å². The smallest absolute Gasteiger partial charge is 0.394 e. The lowest BCUT2D eigenvalue weighted by Crippen LogP contribution is -2.31. The number of hydrogen-bond acceptors (Lipinski definition) is 5. The Hall–Kier alpha value is -2.39. The lowest BCUT2D eigenvalue weighted by atomic mass is 9.96. The van der Waals surface area contributed by atoms with Crippen LogP contribution in [0.4, 0.5) is 18.9 Å². The van der Waals surface area contributed by atoms with Crippen LogP contribution >= 0.6 is 0 Å². The second-order valence-corrected chi connectivity index (χ2v) is 6.09. The molecular weight excluding hydrogens is 335 g/mol. The van der Waals surface area contributed by atoms with Crippen molar-refractivity contribution in [2.75, 3.05) is 5.73 Å². The zero-order chi connectivity index (χ0) is 18.4. The lowest BCUT2D eigenvalue weighted by Gasteiger charge is -2.15. The maximum Gasteiger partial charge on any atom is 0.416 e. The molecule has 0 bridgehead atoms. The lowest BCUT2D eigenvalue weighted by molar-refractivity contribution is -0.137. The number of hydrogen-bond donors (Lipinski definition) is 3. The van der Waals surface area contributed by atoms with E-state index in [1.807, 2.05) is 0 Å². The fourth-order valence-corrected chi connectivity index (χ4v) is 3.12. The molecule has 1 aliphatic heterocycles. The molecule has 0 radical (unpaired) electrons. The van der Waals surface area contributed by atoms with Crippen LogP contribution in [0.3, 0.4) is 0 Å². The molecule has 3 rings (SSSR count). The third-order valence-electron chi connectivity index (χ3n) is 4.40. The number of nitrogen functional groups attached to an aromatic ring is 1. The number of nitrogens with zero attached hydrogens (tertiary/aromatic N) is 2. The summed E-state index contributed by atoms with van der Waals surface area (Å²) in [5.41, 5.74) is 13.1. The van der Waals surface area contributed by atoms with Crippen LogP contribution in [0.2, 0.25) is 0 Å². The summed E-state index contributed by atoms with van der Waals surface area (Å²) in [5.74, 6) is 0. The van der Waals surface area contributed by atoms with Crippen molar-refractivity contribution in [1.82, 2.24) is 20.6 Å². The molecule has 6 nitrogen and oxygen atoms in total. The van der Waals surface area contributed by atoms with Gasteiger partial charge in [-0.1, -0.05) is 12.1 Å². The monoisotopic (exact) mass is 353 g/mol. The number of halogens is 3. The summed E-state index contributed by atoms with van der Waals surface area (Å²) >= 11 is 0. The highest BCUT2D eigenvalue weighted by Crippen LogP contribution is 2.35. The van der Waals surface area contributed by atoms with Gasteiger partial charge in [-0.05, 0) is 31.0 Å². The second kappa shape index (κ2) is 6.16. The van der Waals surface area contributed by atoms with Gasteiger partial charge in [0.2, 0.25) is 0 Å². The Morgan fingerprint density at radius 3 is 2.40 bits per heavy atom. The zero-order valence-electron chi connectivity index (χ0n) is 13.7. The minimum absolute atomic E-state index is 0.127. The number of aryl methyl sites for hydroxylation is 2. The molecule has 2 heterocycles. The predicted molar refractivity (Wildman–Crippen MR) is 86.4 cm³/mol. The molecule has 2 unspecified atom stereocenters. The van der Waals surface area contributed by atoms with Gasteiger partial charge in [0.15, 0.2) is 0 Å². The number of nitrogens with one attached hydrogen (secondary N) is 2. The van der Waals surface area contributed by atoms with E-state index in [-0.39, 0.29) is 23.3 Å². The molecule has 2 aromatic rings. The largest absolute Gasteiger partial charge is 0.416 e. The molecule has 1 fully saturated rings. The van der Waals surface area contributed by atoms with Crippen molar-refractivity contribution in [3.8, 4) is 0 Å². The molecule has 134 valence electrons. The Morgan fingerprint density at radius 2 is 1.80 bits per heavy atom. The van der Waals surface area contributed by atoms with Gasteiger partial charge in [0, 0.05) is 18.7 Å². The predicted octanol–water partition coefficient (Wildman–Crippen LogP) is 1.97. The molecule has 25 heavy (non-hydrogen) atoms. The average Bonchev–Trinajstić information content (AvgIpc) is 3.01. The fraction of sp³-hybridized carbons (Fsp3) is 0.375. The van der Waals surface area contributed by atoms with E-state index < -0.39 is 11.7 Å². The topological polar surface area (TPSA) is 85.0 Å². The highest BCUT2D eigenvalue weighted by molar-refractivity contribution is 5.48. The molecule has 1 aromatic heterocycles. The van der Waals surface area contributed by atoms with Crippen LogP contribution in [0.5, 0.6) is 0 Å². The van der Waals surface area contributed by atoms with Crippen molar-refractivity contribution < 1.29 is 13.2 Å². The molecule has 0 amide bonds. The van der Waals surface area contributed by atoms with Gasteiger partial charge in [-0.3, -0.25) is 4.79 Å². The van der Waals surface area contributed by atoms with Crippen molar-refractivity contribution in [2.45, 2.75) is 31.6 Å². The highest BCUT2D eigenvalue weighted by atomic mass is 19.4. The molecule has 4 N–H and O–H groups in total. The van der Waals surface area contributed by atoms with E-state index in [1.165, 1.54) is 23.9 Å². The van der Waals surface area contributed by atoms with Crippen molar-refractivity contribution in [2.24, 2.45) is 7.05 Å². The van der Waals surface area contributed by atoms with E-state index in [2.05, 4.69) is 16.0 Å². The first kappa shape index (κ1) is 17.4. The van der Waals surface area contributed by atoms with Crippen LogP contribution < -0.4 is 22.1 Å². The Bertz CT molecular complexity index is 845. The summed E-state index contributed by atoms with van der Waals surface area (Å²) in [6.45, 7) is 1.76. The first-order chi connectivity index (χ1) is 11.7. The number of alkyl halides is 3. The van der Waals surface area contributed by atoms with Crippen LogP contribution in [0.15, 0.2) is 29.1 Å². The number of nitrogens with two attached hydrogens (primary N) is 1. The van der Waals surface area contributed by atoms with Gasteiger partial charge in [-0.2, -0.15) is 18.3 Å². The Kier molecular flexibility index (Phi) is 4.29. The SMILES string of the molecule is Cc1nn(C)c(=O)c(N)c1C1CC(c2ccc(C(F)(F)F)cc2)NN1. The van der Waals surface area contributed by atoms with Gasteiger partial charge in [-0.15, -0.1) is 0 Å². The Morgan fingerprint density at radius 1 is 1.20 bits per heavy atom. The third kappa shape index (κ3) is 3.24. The van der Waals surface area contributed by atoms with E-state index in [1.54, 1.807) is 6.92 Å². The van der Waals surface area contributed by atoms with Crippen molar-refractivity contribution in [3.05, 3.63) is 57.0 Å².